The molecule has 5 heteroatoms. The summed E-state index contributed by atoms with van der Waals surface area (Å²) in [5.74, 6) is -0.0395. The Morgan fingerprint density at radius 3 is 2.62 bits per heavy atom. The first-order valence-corrected chi connectivity index (χ1v) is 8.74. The predicted octanol–water partition coefficient (Wildman–Crippen LogP) is 3.49. The molecule has 0 bridgehead atoms. The van der Waals surface area contributed by atoms with Crippen molar-refractivity contribution in [1.82, 2.24) is 19.7 Å². The molecule has 1 aromatic carbocycles. The van der Waals surface area contributed by atoms with Crippen molar-refractivity contribution in [2.75, 3.05) is 7.05 Å². The Kier molecular flexibility index (Phi) is 5.16. The fourth-order valence-electron chi connectivity index (χ4n) is 2.95. The molecule has 134 valence electrons. The van der Waals surface area contributed by atoms with Crippen molar-refractivity contribution in [1.29, 1.82) is 0 Å². The molecule has 3 rings (SSSR count). The van der Waals surface area contributed by atoms with Crippen molar-refractivity contribution in [3.63, 3.8) is 0 Å². The Bertz CT molecular complexity index is 901. The van der Waals surface area contributed by atoms with E-state index in [-0.39, 0.29) is 11.9 Å². The summed E-state index contributed by atoms with van der Waals surface area (Å²) >= 11 is 0. The summed E-state index contributed by atoms with van der Waals surface area (Å²) in [5, 5.41) is 4.50. The number of aryl methyl sites for hydroxylation is 2. The molecule has 0 saturated heterocycles. The third-order valence-corrected chi connectivity index (χ3v) is 4.63. The van der Waals surface area contributed by atoms with Crippen molar-refractivity contribution in [3.8, 4) is 11.3 Å². The van der Waals surface area contributed by atoms with Crippen LogP contribution in [0.25, 0.3) is 11.3 Å². The summed E-state index contributed by atoms with van der Waals surface area (Å²) in [4.78, 5) is 19.1. The van der Waals surface area contributed by atoms with Crippen LogP contribution in [0.3, 0.4) is 0 Å². The van der Waals surface area contributed by atoms with E-state index < -0.39 is 0 Å². The van der Waals surface area contributed by atoms with Crippen LogP contribution >= 0.6 is 0 Å². The highest BCUT2D eigenvalue weighted by Gasteiger charge is 2.22. The number of benzene rings is 1. The molecule has 26 heavy (non-hydrogen) atoms. The van der Waals surface area contributed by atoms with Gasteiger partial charge in [-0.15, -0.1) is 0 Å². The van der Waals surface area contributed by atoms with Gasteiger partial charge >= 0.3 is 0 Å². The molecule has 2 aromatic heterocycles. The van der Waals surface area contributed by atoms with Gasteiger partial charge in [-0.2, -0.15) is 5.10 Å². The van der Waals surface area contributed by atoms with Crippen LogP contribution in [-0.2, 0) is 13.5 Å². The Hall–Kier alpha value is -2.95. The number of amides is 1. The van der Waals surface area contributed by atoms with Gasteiger partial charge in [-0.3, -0.25) is 14.5 Å². The van der Waals surface area contributed by atoms with Crippen molar-refractivity contribution >= 4 is 5.91 Å². The first kappa shape index (κ1) is 17.9. The number of carbonyl (C=O) groups is 1. The second-order valence-electron chi connectivity index (χ2n) is 6.70. The molecule has 3 aromatic rings. The molecule has 0 aliphatic heterocycles. The van der Waals surface area contributed by atoms with Gasteiger partial charge in [-0.05, 0) is 37.6 Å². The number of rotatable bonds is 5. The maximum absolute atomic E-state index is 13.0. The highest BCUT2D eigenvalue weighted by molar-refractivity contribution is 5.93. The second-order valence-corrected chi connectivity index (χ2v) is 6.70. The topological polar surface area (TPSA) is 51.0 Å². The van der Waals surface area contributed by atoms with E-state index in [0.717, 1.165) is 17.0 Å². The maximum Gasteiger partial charge on any atom is 0.272 e. The van der Waals surface area contributed by atoms with Crippen LogP contribution in [0.15, 0.2) is 54.7 Å². The third-order valence-electron chi connectivity index (χ3n) is 4.63. The Balaban J connectivity index is 1.77. The van der Waals surface area contributed by atoms with Crippen LogP contribution < -0.4 is 0 Å². The summed E-state index contributed by atoms with van der Waals surface area (Å²) in [6.07, 6.45) is 2.53. The van der Waals surface area contributed by atoms with E-state index in [1.54, 1.807) is 16.6 Å². The molecule has 1 amide bonds. The number of aromatic nitrogens is 3. The zero-order chi connectivity index (χ0) is 18.7. The number of nitrogens with zero attached hydrogens (tertiary/aromatic N) is 4. The lowest BCUT2D eigenvalue weighted by Gasteiger charge is -2.24. The number of carbonyl (C=O) groups excluding carboxylic acids is 1. The summed E-state index contributed by atoms with van der Waals surface area (Å²) < 4.78 is 1.65. The average molecular weight is 348 g/mol. The van der Waals surface area contributed by atoms with E-state index in [9.17, 15) is 4.79 Å². The van der Waals surface area contributed by atoms with Crippen molar-refractivity contribution in [2.24, 2.45) is 7.05 Å². The smallest absolute Gasteiger partial charge is 0.272 e. The van der Waals surface area contributed by atoms with Gasteiger partial charge in [0.1, 0.15) is 5.69 Å². The minimum absolute atomic E-state index is 0.0341. The van der Waals surface area contributed by atoms with Gasteiger partial charge in [-0.1, -0.05) is 30.3 Å². The van der Waals surface area contributed by atoms with Crippen LogP contribution in [-0.4, -0.2) is 38.7 Å². The van der Waals surface area contributed by atoms with E-state index in [2.05, 4.69) is 16.1 Å². The first-order valence-electron chi connectivity index (χ1n) is 8.74. The Morgan fingerprint density at radius 2 is 1.92 bits per heavy atom. The SMILES string of the molecule is Cc1ccnc(C[C@H](C)N(C)C(=O)c2cc(-c3ccccc3)nn2C)c1. The standard InChI is InChI=1S/C21H24N4O/c1-15-10-11-22-18(12-15)13-16(2)24(3)21(26)20-14-19(23-25(20)4)17-8-6-5-7-9-17/h5-12,14,16H,13H2,1-4H3/t16-/m0/s1. The molecule has 0 fully saturated rings. The van der Waals surface area contributed by atoms with Crippen LogP contribution in [0.1, 0.15) is 28.7 Å². The van der Waals surface area contributed by atoms with Crippen molar-refractivity contribution in [2.45, 2.75) is 26.3 Å². The molecule has 5 nitrogen and oxygen atoms in total. The van der Waals surface area contributed by atoms with Crippen LogP contribution in [0.5, 0.6) is 0 Å². The quantitative estimate of drug-likeness (QED) is 0.709. The predicted molar refractivity (Wildman–Crippen MR) is 103 cm³/mol. The van der Waals surface area contributed by atoms with Gasteiger partial charge in [0.15, 0.2) is 0 Å². The third kappa shape index (κ3) is 3.82. The Morgan fingerprint density at radius 1 is 1.19 bits per heavy atom. The molecule has 2 heterocycles. The second kappa shape index (κ2) is 7.52. The van der Waals surface area contributed by atoms with E-state index in [4.69, 9.17) is 0 Å². The molecule has 1 atom stereocenters. The van der Waals surface area contributed by atoms with E-state index in [1.165, 1.54) is 5.56 Å². The fourth-order valence-corrected chi connectivity index (χ4v) is 2.95. The molecule has 0 saturated carbocycles. The maximum atomic E-state index is 13.0. The lowest BCUT2D eigenvalue weighted by molar-refractivity contribution is 0.0732. The molecule has 0 N–H and O–H groups in total. The number of hydrogen-bond acceptors (Lipinski definition) is 3. The normalized spacial score (nSPS) is 12.0. The number of hydrogen-bond donors (Lipinski definition) is 0. The van der Waals surface area contributed by atoms with Gasteiger partial charge < -0.3 is 4.90 Å². The average Bonchev–Trinajstić information content (AvgIpc) is 3.03. The zero-order valence-corrected chi connectivity index (χ0v) is 15.7. The molecule has 0 unspecified atom stereocenters. The summed E-state index contributed by atoms with van der Waals surface area (Å²) in [6, 6.07) is 15.8. The van der Waals surface area contributed by atoms with Gasteiger partial charge in [-0.25, -0.2) is 0 Å². The fraction of sp³-hybridized carbons (Fsp3) is 0.286. The van der Waals surface area contributed by atoms with Gasteiger partial charge in [0.2, 0.25) is 0 Å². The molecule has 0 radical (unpaired) electrons. The van der Waals surface area contributed by atoms with E-state index in [1.807, 2.05) is 69.6 Å². The number of likely N-dealkylation sites (N-methyl/N-ethyl adjacent to an activating group) is 1. The minimum atomic E-state index is -0.0395. The molecule has 0 aliphatic rings. The van der Waals surface area contributed by atoms with Crippen molar-refractivity contribution < 1.29 is 4.79 Å². The summed E-state index contributed by atoms with van der Waals surface area (Å²) in [5.41, 5.74) is 4.55. The zero-order valence-electron chi connectivity index (χ0n) is 15.7. The molecule has 0 spiro atoms. The van der Waals surface area contributed by atoms with Gasteiger partial charge in [0.25, 0.3) is 5.91 Å². The van der Waals surface area contributed by atoms with E-state index in [0.29, 0.717) is 12.1 Å². The molecular formula is C21H24N4O. The largest absolute Gasteiger partial charge is 0.337 e. The number of pyridine rings is 1. The lowest BCUT2D eigenvalue weighted by Crippen LogP contribution is -2.37. The van der Waals surface area contributed by atoms with Crippen LogP contribution in [0.4, 0.5) is 0 Å². The highest BCUT2D eigenvalue weighted by Crippen LogP contribution is 2.20. The van der Waals surface area contributed by atoms with Gasteiger partial charge in [0, 0.05) is 44.0 Å². The highest BCUT2D eigenvalue weighted by atomic mass is 16.2. The molecular weight excluding hydrogens is 324 g/mol. The minimum Gasteiger partial charge on any atom is -0.337 e. The van der Waals surface area contributed by atoms with E-state index >= 15 is 0 Å². The summed E-state index contributed by atoms with van der Waals surface area (Å²) in [6.45, 7) is 4.09. The summed E-state index contributed by atoms with van der Waals surface area (Å²) in [7, 11) is 3.64. The van der Waals surface area contributed by atoms with Gasteiger partial charge in [0.05, 0.1) is 5.69 Å². The lowest BCUT2D eigenvalue weighted by atomic mass is 10.1. The van der Waals surface area contributed by atoms with Crippen molar-refractivity contribution in [3.05, 3.63) is 71.7 Å². The van der Waals surface area contributed by atoms with Crippen LogP contribution in [0.2, 0.25) is 0 Å². The Labute approximate surface area is 154 Å². The first-order chi connectivity index (χ1) is 12.5. The van der Waals surface area contributed by atoms with Crippen LogP contribution in [0, 0.1) is 6.92 Å². The monoisotopic (exact) mass is 348 g/mol. The molecule has 0 aliphatic carbocycles.